The lowest BCUT2D eigenvalue weighted by Gasteiger charge is -2.31. The van der Waals surface area contributed by atoms with E-state index in [4.69, 9.17) is 0 Å². The molecule has 17 heavy (non-hydrogen) atoms. The highest BCUT2D eigenvalue weighted by atomic mass is 32.2. The van der Waals surface area contributed by atoms with Gasteiger partial charge in [-0.2, -0.15) is 16.1 Å². The Morgan fingerprint density at radius 2 is 2.12 bits per heavy atom. The van der Waals surface area contributed by atoms with E-state index in [9.17, 15) is 12.8 Å². The molecule has 1 aliphatic rings. The van der Waals surface area contributed by atoms with Crippen molar-refractivity contribution < 1.29 is 12.8 Å². The number of nitrogens with zero attached hydrogens (tertiary/aromatic N) is 1. The molecule has 1 aromatic carbocycles. The second kappa shape index (κ2) is 4.96. The fourth-order valence-corrected chi connectivity index (χ4v) is 4.77. The van der Waals surface area contributed by atoms with Crippen LogP contribution in [0.5, 0.6) is 0 Å². The molecule has 6 heteroatoms. The van der Waals surface area contributed by atoms with E-state index in [0.29, 0.717) is 6.54 Å². The van der Waals surface area contributed by atoms with Gasteiger partial charge in [0, 0.05) is 24.1 Å². The van der Waals surface area contributed by atoms with E-state index in [-0.39, 0.29) is 10.9 Å². The van der Waals surface area contributed by atoms with Crippen LogP contribution in [0.2, 0.25) is 0 Å². The van der Waals surface area contributed by atoms with Crippen molar-refractivity contribution in [2.45, 2.75) is 17.9 Å². The van der Waals surface area contributed by atoms with E-state index in [1.807, 2.05) is 6.92 Å². The van der Waals surface area contributed by atoms with Crippen LogP contribution in [0.3, 0.4) is 0 Å². The SMILES string of the molecule is CC1CSCCN1S(=O)(=O)c1ccccc1F. The highest BCUT2D eigenvalue weighted by Crippen LogP contribution is 2.25. The van der Waals surface area contributed by atoms with Gasteiger partial charge < -0.3 is 0 Å². The Kier molecular flexibility index (Phi) is 3.75. The van der Waals surface area contributed by atoms with Gasteiger partial charge in [0.15, 0.2) is 0 Å². The summed E-state index contributed by atoms with van der Waals surface area (Å²) in [6.45, 7) is 2.30. The Morgan fingerprint density at radius 3 is 2.76 bits per heavy atom. The number of hydrogen-bond donors (Lipinski definition) is 0. The fourth-order valence-electron chi connectivity index (χ4n) is 1.85. The van der Waals surface area contributed by atoms with Crippen LogP contribution in [0.25, 0.3) is 0 Å². The minimum Gasteiger partial charge on any atom is -0.207 e. The Bertz CT molecular complexity index is 504. The normalized spacial score (nSPS) is 22.6. The summed E-state index contributed by atoms with van der Waals surface area (Å²) in [6.07, 6.45) is 0. The maximum atomic E-state index is 13.6. The number of rotatable bonds is 2. The molecule has 1 saturated heterocycles. The van der Waals surface area contributed by atoms with E-state index in [1.54, 1.807) is 17.8 Å². The predicted octanol–water partition coefficient (Wildman–Crippen LogP) is 1.95. The van der Waals surface area contributed by atoms with Crippen LogP contribution in [0, 0.1) is 5.82 Å². The Labute approximate surface area is 105 Å². The first-order valence-corrected chi connectivity index (χ1v) is 7.97. The van der Waals surface area contributed by atoms with Crippen molar-refractivity contribution in [3.05, 3.63) is 30.1 Å². The second-order valence-electron chi connectivity index (χ2n) is 3.97. The summed E-state index contributed by atoms with van der Waals surface area (Å²) in [5, 5.41) is 0. The summed E-state index contributed by atoms with van der Waals surface area (Å²) in [7, 11) is -3.70. The summed E-state index contributed by atoms with van der Waals surface area (Å²) in [4.78, 5) is -0.223. The quantitative estimate of drug-likeness (QED) is 0.828. The summed E-state index contributed by atoms with van der Waals surface area (Å²) in [5.41, 5.74) is 0. The maximum absolute atomic E-state index is 13.6. The molecule has 1 fully saturated rings. The van der Waals surface area contributed by atoms with Crippen molar-refractivity contribution in [2.24, 2.45) is 0 Å². The number of hydrogen-bond acceptors (Lipinski definition) is 3. The van der Waals surface area contributed by atoms with E-state index in [0.717, 1.165) is 11.5 Å². The lowest BCUT2D eigenvalue weighted by atomic mass is 10.3. The lowest BCUT2D eigenvalue weighted by Crippen LogP contribution is -2.44. The molecule has 3 nitrogen and oxygen atoms in total. The van der Waals surface area contributed by atoms with Gasteiger partial charge in [-0.3, -0.25) is 0 Å². The zero-order valence-electron chi connectivity index (χ0n) is 9.47. The average Bonchev–Trinajstić information content (AvgIpc) is 2.29. The van der Waals surface area contributed by atoms with Gasteiger partial charge >= 0.3 is 0 Å². The Balaban J connectivity index is 2.39. The van der Waals surface area contributed by atoms with Gasteiger partial charge in [-0.05, 0) is 19.1 Å². The number of sulfonamides is 1. The largest absolute Gasteiger partial charge is 0.246 e. The predicted molar refractivity (Wildman–Crippen MR) is 67.1 cm³/mol. The van der Waals surface area contributed by atoms with Crippen molar-refractivity contribution in [3.63, 3.8) is 0 Å². The molecule has 0 N–H and O–H groups in total. The first-order valence-electron chi connectivity index (χ1n) is 5.37. The molecule has 0 radical (unpaired) electrons. The van der Waals surface area contributed by atoms with Crippen molar-refractivity contribution in [1.29, 1.82) is 0 Å². The number of thioether (sulfide) groups is 1. The second-order valence-corrected chi connectivity index (χ2v) is 6.98. The van der Waals surface area contributed by atoms with Crippen molar-refractivity contribution in [1.82, 2.24) is 4.31 Å². The molecule has 1 unspecified atom stereocenters. The smallest absolute Gasteiger partial charge is 0.207 e. The van der Waals surface area contributed by atoms with Crippen LogP contribution >= 0.6 is 11.8 Å². The first kappa shape index (κ1) is 12.9. The van der Waals surface area contributed by atoms with Gasteiger partial charge in [0.1, 0.15) is 10.7 Å². The lowest BCUT2D eigenvalue weighted by molar-refractivity contribution is 0.365. The monoisotopic (exact) mass is 275 g/mol. The average molecular weight is 275 g/mol. The van der Waals surface area contributed by atoms with Crippen LogP contribution < -0.4 is 0 Å². The molecule has 0 aliphatic carbocycles. The molecular formula is C11H14FNO2S2. The third kappa shape index (κ3) is 2.48. The highest BCUT2D eigenvalue weighted by Gasteiger charge is 2.32. The van der Waals surface area contributed by atoms with Gasteiger partial charge in [0.25, 0.3) is 0 Å². The Hall–Kier alpha value is -0.590. The minimum absolute atomic E-state index is 0.0849. The van der Waals surface area contributed by atoms with Crippen molar-refractivity contribution in [3.8, 4) is 0 Å². The molecule has 0 amide bonds. The van der Waals surface area contributed by atoms with Crippen LogP contribution in [0.1, 0.15) is 6.92 Å². The standard InChI is InChI=1S/C11H14FNO2S2/c1-9-8-16-7-6-13(9)17(14,15)11-5-3-2-4-10(11)12/h2-5,9H,6-8H2,1H3. The van der Waals surface area contributed by atoms with Crippen molar-refractivity contribution in [2.75, 3.05) is 18.1 Å². The summed E-state index contributed by atoms with van der Waals surface area (Å²) >= 11 is 1.72. The zero-order valence-corrected chi connectivity index (χ0v) is 11.1. The van der Waals surface area contributed by atoms with E-state index >= 15 is 0 Å². The minimum atomic E-state index is -3.70. The molecule has 94 valence electrons. The molecular weight excluding hydrogens is 261 g/mol. The zero-order chi connectivity index (χ0) is 12.5. The summed E-state index contributed by atoms with van der Waals surface area (Å²) < 4.78 is 39.5. The molecule has 0 saturated carbocycles. The van der Waals surface area contributed by atoms with E-state index < -0.39 is 15.8 Å². The molecule has 0 bridgehead atoms. The van der Waals surface area contributed by atoms with E-state index in [2.05, 4.69) is 0 Å². The summed E-state index contributed by atoms with van der Waals surface area (Å²) in [5.74, 6) is 0.837. The number of halogens is 1. The first-order chi connectivity index (χ1) is 8.03. The fraction of sp³-hybridized carbons (Fsp3) is 0.455. The molecule has 0 spiro atoms. The van der Waals surface area contributed by atoms with Crippen LogP contribution in [-0.4, -0.2) is 36.8 Å². The third-order valence-corrected chi connectivity index (χ3v) is 5.97. The molecule has 1 aromatic rings. The van der Waals surface area contributed by atoms with Gasteiger partial charge in [-0.25, -0.2) is 12.8 Å². The van der Waals surface area contributed by atoms with Gasteiger partial charge in [0.2, 0.25) is 10.0 Å². The maximum Gasteiger partial charge on any atom is 0.246 e. The van der Waals surface area contributed by atoms with Crippen LogP contribution in [0.15, 0.2) is 29.2 Å². The molecule has 1 aliphatic heterocycles. The number of benzene rings is 1. The molecule has 1 atom stereocenters. The Morgan fingerprint density at radius 1 is 1.41 bits per heavy atom. The van der Waals surface area contributed by atoms with Crippen LogP contribution in [-0.2, 0) is 10.0 Å². The van der Waals surface area contributed by atoms with Crippen LogP contribution in [0.4, 0.5) is 4.39 Å². The molecule has 2 rings (SSSR count). The van der Waals surface area contributed by atoms with E-state index in [1.165, 1.54) is 22.5 Å². The molecule has 0 aromatic heterocycles. The summed E-state index contributed by atoms with van der Waals surface area (Å²) in [6, 6.07) is 5.44. The van der Waals surface area contributed by atoms with Gasteiger partial charge in [-0.1, -0.05) is 12.1 Å². The molecule has 1 heterocycles. The topological polar surface area (TPSA) is 37.4 Å². The third-order valence-electron chi connectivity index (χ3n) is 2.73. The highest BCUT2D eigenvalue weighted by molar-refractivity contribution is 7.99. The van der Waals surface area contributed by atoms with Gasteiger partial charge in [-0.15, -0.1) is 0 Å². The van der Waals surface area contributed by atoms with Crippen molar-refractivity contribution >= 4 is 21.8 Å². The van der Waals surface area contributed by atoms with Gasteiger partial charge in [0.05, 0.1) is 0 Å².